The first-order chi connectivity index (χ1) is 7.24. The van der Waals surface area contributed by atoms with Crippen LogP contribution in [0.3, 0.4) is 0 Å². The number of aromatic nitrogens is 2. The standard InChI is InChI=1S/C10H7ClN2O2/c11-7-2-1-3-8-9(7)10(15)13(4-5-14)6-12-8/h1-3,5-6H,4H2. The van der Waals surface area contributed by atoms with Crippen molar-refractivity contribution >= 4 is 28.8 Å². The second-order valence-electron chi connectivity index (χ2n) is 3.00. The van der Waals surface area contributed by atoms with Crippen molar-refractivity contribution in [3.63, 3.8) is 0 Å². The molecular formula is C10H7ClN2O2. The first-order valence-electron chi connectivity index (χ1n) is 4.31. The SMILES string of the molecule is O=CCn1cnc2cccc(Cl)c2c1=O. The number of halogens is 1. The van der Waals surface area contributed by atoms with Crippen LogP contribution < -0.4 is 5.56 Å². The minimum atomic E-state index is -0.294. The largest absolute Gasteiger partial charge is 0.301 e. The summed E-state index contributed by atoms with van der Waals surface area (Å²) >= 11 is 5.89. The maximum absolute atomic E-state index is 11.8. The first kappa shape index (κ1) is 9.86. The zero-order valence-electron chi connectivity index (χ0n) is 7.68. The van der Waals surface area contributed by atoms with Crippen molar-refractivity contribution in [2.75, 3.05) is 0 Å². The Morgan fingerprint density at radius 2 is 2.27 bits per heavy atom. The lowest BCUT2D eigenvalue weighted by molar-refractivity contribution is -0.108. The maximum atomic E-state index is 11.8. The summed E-state index contributed by atoms with van der Waals surface area (Å²) in [5, 5.41) is 0.703. The molecule has 0 saturated heterocycles. The number of aldehydes is 1. The van der Waals surface area contributed by atoms with Gasteiger partial charge in [0.25, 0.3) is 5.56 Å². The first-order valence-corrected chi connectivity index (χ1v) is 4.69. The monoisotopic (exact) mass is 222 g/mol. The molecule has 2 aromatic rings. The molecule has 0 fully saturated rings. The van der Waals surface area contributed by atoms with E-state index in [1.54, 1.807) is 18.2 Å². The van der Waals surface area contributed by atoms with Gasteiger partial charge in [-0.1, -0.05) is 17.7 Å². The molecule has 0 N–H and O–H groups in total. The minimum Gasteiger partial charge on any atom is -0.301 e. The van der Waals surface area contributed by atoms with Crippen molar-refractivity contribution in [1.29, 1.82) is 0 Å². The van der Waals surface area contributed by atoms with Crippen LogP contribution in [0, 0.1) is 0 Å². The van der Waals surface area contributed by atoms with Crippen LogP contribution in [0.5, 0.6) is 0 Å². The normalized spacial score (nSPS) is 10.5. The summed E-state index contributed by atoms with van der Waals surface area (Å²) in [4.78, 5) is 26.2. The lowest BCUT2D eigenvalue weighted by Crippen LogP contribution is -2.21. The summed E-state index contributed by atoms with van der Waals surface area (Å²) in [5.74, 6) is 0. The van der Waals surface area contributed by atoms with E-state index in [0.29, 0.717) is 22.2 Å². The van der Waals surface area contributed by atoms with Gasteiger partial charge < -0.3 is 4.79 Å². The van der Waals surface area contributed by atoms with E-state index >= 15 is 0 Å². The number of carbonyl (C=O) groups excluding carboxylic acids is 1. The Morgan fingerprint density at radius 3 is 3.00 bits per heavy atom. The molecule has 0 amide bonds. The van der Waals surface area contributed by atoms with E-state index in [2.05, 4.69) is 4.98 Å². The predicted octanol–water partition coefficient (Wildman–Crippen LogP) is 1.25. The molecule has 0 aliphatic rings. The highest BCUT2D eigenvalue weighted by Crippen LogP contribution is 2.17. The molecule has 0 bridgehead atoms. The van der Waals surface area contributed by atoms with Gasteiger partial charge in [0.1, 0.15) is 6.29 Å². The number of hydrogen-bond acceptors (Lipinski definition) is 3. The minimum absolute atomic E-state index is 0.00695. The summed E-state index contributed by atoms with van der Waals surface area (Å²) in [7, 11) is 0. The summed E-state index contributed by atoms with van der Waals surface area (Å²) in [6, 6.07) is 5.05. The van der Waals surface area contributed by atoms with Gasteiger partial charge >= 0.3 is 0 Å². The van der Waals surface area contributed by atoms with Crippen LogP contribution in [-0.4, -0.2) is 15.8 Å². The smallest absolute Gasteiger partial charge is 0.263 e. The fourth-order valence-corrected chi connectivity index (χ4v) is 1.62. The average molecular weight is 223 g/mol. The molecule has 2 rings (SSSR count). The number of benzene rings is 1. The van der Waals surface area contributed by atoms with Crippen LogP contribution in [0.4, 0.5) is 0 Å². The third-order valence-corrected chi connectivity index (χ3v) is 2.39. The Hall–Kier alpha value is -1.68. The van der Waals surface area contributed by atoms with Crippen molar-refractivity contribution in [3.8, 4) is 0 Å². The van der Waals surface area contributed by atoms with Crippen LogP contribution in [-0.2, 0) is 11.3 Å². The van der Waals surface area contributed by atoms with Crippen LogP contribution in [0.25, 0.3) is 10.9 Å². The van der Waals surface area contributed by atoms with E-state index in [4.69, 9.17) is 11.6 Å². The second-order valence-corrected chi connectivity index (χ2v) is 3.41. The molecule has 0 saturated carbocycles. The lowest BCUT2D eigenvalue weighted by atomic mass is 10.2. The molecule has 0 aliphatic heterocycles. The molecule has 0 aliphatic carbocycles. The topological polar surface area (TPSA) is 52.0 Å². The molecular weight excluding hydrogens is 216 g/mol. The Bertz CT molecular complexity index is 577. The lowest BCUT2D eigenvalue weighted by Gasteiger charge is -2.03. The van der Waals surface area contributed by atoms with Crippen molar-refractivity contribution < 1.29 is 4.79 Å². The highest BCUT2D eigenvalue weighted by molar-refractivity contribution is 6.35. The van der Waals surface area contributed by atoms with Gasteiger partial charge in [-0.05, 0) is 12.1 Å². The predicted molar refractivity (Wildman–Crippen MR) is 57.1 cm³/mol. The zero-order chi connectivity index (χ0) is 10.8. The third-order valence-electron chi connectivity index (χ3n) is 2.07. The van der Waals surface area contributed by atoms with E-state index in [1.165, 1.54) is 10.9 Å². The number of nitrogens with zero attached hydrogens (tertiary/aromatic N) is 2. The van der Waals surface area contributed by atoms with Crippen LogP contribution in [0.15, 0.2) is 29.3 Å². The van der Waals surface area contributed by atoms with Gasteiger partial charge in [-0.3, -0.25) is 9.36 Å². The fourth-order valence-electron chi connectivity index (χ4n) is 1.37. The zero-order valence-corrected chi connectivity index (χ0v) is 8.44. The molecule has 1 heterocycles. The van der Waals surface area contributed by atoms with E-state index in [9.17, 15) is 9.59 Å². The number of carbonyl (C=O) groups is 1. The molecule has 4 nitrogen and oxygen atoms in total. The van der Waals surface area contributed by atoms with Crippen molar-refractivity contribution in [2.45, 2.75) is 6.54 Å². The summed E-state index contributed by atoms with van der Waals surface area (Å²) < 4.78 is 1.22. The highest BCUT2D eigenvalue weighted by atomic mass is 35.5. The van der Waals surface area contributed by atoms with Gasteiger partial charge in [0.2, 0.25) is 0 Å². The van der Waals surface area contributed by atoms with E-state index in [0.717, 1.165) is 0 Å². The van der Waals surface area contributed by atoms with Gasteiger partial charge in [-0.25, -0.2) is 4.98 Å². The van der Waals surface area contributed by atoms with Crippen molar-refractivity contribution in [2.24, 2.45) is 0 Å². The highest BCUT2D eigenvalue weighted by Gasteiger charge is 2.06. The van der Waals surface area contributed by atoms with E-state index < -0.39 is 0 Å². The molecule has 1 aromatic heterocycles. The molecule has 1 aromatic carbocycles. The Morgan fingerprint density at radius 1 is 1.47 bits per heavy atom. The van der Waals surface area contributed by atoms with Crippen LogP contribution in [0.1, 0.15) is 0 Å². The Labute approximate surface area is 90.1 Å². The van der Waals surface area contributed by atoms with Gasteiger partial charge in [-0.2, -0.15) is 0 Å². The number of rotatable bonds is 2. The molecule has 5 heteroatoms. The molecule has 0 atom stereocenters. The van der Waals surface area contributed by atoms with Gasteiger partial charge in [0, 0.05) is 0 Å². The average Bonchev–Trinajstić information content (AvgIpc) is 2.22. The van der Waals surface area contributed by atoms with Gasteiger partial charge in [0.05, 0.1) is 28.8 Å². The Kier molecular flexibility index (Phi) is 2.51. The van der Waals surface area contributed by atoms with Gasteiger partial charge in [0.15, 0.2) is 0 Å². The summed E-state index contributed by atoms with van der Waals surface area (Å²) in [6.07, 6.45) is 1.99. The Balaban J connectivity index is 2.83. The maximum Gasteiger partial charge on any atom is 0.263 e. The summed E-state index contributed by atoms with van der Waals surface area (Å²) in [5.41, 5.74) is 0.243. The molecule has 0 spiro atoms. The molecule has 0 radical (unpaired) electrons. The number of hydrogen-bond donors (Lipinski definition) is 0. The molecule has 15 heavy (non-hydrogen) atoms. The fraction of sp³-hybridized carbons (Fsp3) is 0.100. The molecule has 76 valence electrons. The quantitative estimate of drug-likeness (QED) is 0.719. The second kappa shape index (κ2) is 3.82. The molecule has 0 unspecified atom stereocenters. The van der Waals surface area contributed by atoms with E-state index in [1.807, 2.05) is 0 Å². The van der Waals surface area contributed by atoms with Crippen molar-refractivity contribution in [1.82, 2.24) is 9.55 Å². The summed E-state index contributed by atoms with van der Waals surface area (Å²) in [6.45, 7) is -0.00695. The van der Waals surface area contributed by atoms with Crippen LogP contribution in [0.2, 0.25) is 5.02 Å². The van der Waals surface area contributed by atoms with Gasteiger partial charge in [-0.15, -0.1) is 0 Å². The number of fused-ring (bicyclic) bond motifs is 1. The third kappa shape index (κ3) is 1.64. The van der Waals surface area contributed by atoms with Crippen molar-refractivity contribution in [3.05, 3.63) is 39.9 Å². The van der Waals surface area contributed by atoms with Crippen LogP contribution >= 0.6 is 11.6 Å². The van der Waals surface area contributed by atoms with E-state index in [-0.39, 0.29) is 12.1 Å².